The van der Waals surface area contributed by atoms with E-state index in [1.165, 1.54) is 64.2 Å². The summed E-state index contributed by atoms with van der Waals surface area (Å²) in [6.07, 6.45) is 17.9. The second-order valence-electron chi connectivity index (χ2n) is 8.48. The minimum absolute atomic E-state index is 0.180. The number of unbranched alkanes of at least 4 members (excludes halogenated alkanes) is 9. The SMILES string of the molecule is CCCCCCCCCCCCSc1coc(C(=O)OC(CC)N(CCC)CCC)c1. The molecule has 0 bridgehead atoms. The first-order chi connectivity index (χ1) is 15.2. The molecule has 1 aromatic rings. The van der Waals surface area contributed by atoms with Crippen LogP contribution in [0.5, 0.6) is 0 Å². The molecular formula is C26H47NO3S. The summed E-state index contributed by atoms with van der Waals surface area (Å²) in [5.41, 5.74) is 0. The molecule has 0 radical (unpaired) electrons. The Kier molecular flexibility index (Phi) is 16.9. The maximum atomic E-state index is 12.5. The Morgan fingerprint density at radius 3 is 2.03 bits per heavy atom. The highest BCUT2D eigenvalue weighted by atomic mass is 32.2. The molecule has 0 amide bonds. The van der Waals surface area contributed by atoms with Crippen molar-refractivity contribution in [3.05, 3.63) is 18.1 Å². The van der Waals surface area contributed by atoms with E-state index in [4.69, 9.17) is 9.15 Å². The zero-order valence-electron chi connectivity index (χ0n) is 20.6. The lowest BCUT2D eigenvalue weighted by Crippen LogP contribution is -2.39. The van der Waals surface area contributed by atoms with Gasteiger partial charge in [0.05, 0.1) is 0 Å². The monoisotopic (exact) mass is 453 g/mol. The molecule has 0 aliphatic heterocycles. The van der Waals surface area contributed by atoms with E-state index in [9.17, 15) is 4.79 Å². The van der Waals surface area contributed by atoms with Gasteiger partial charge >= 0.3 is 5.97 Å². The van der Waals surface area contributed by atoms with Crippen molar-refractivity contribution >= 4 is 17.7 Å². The molecule has 1 heterocycles. The van der Waals surface area contributed by atoms with Gasteiger partial charge in [-0.1, -0.05) is 85.5 Å². The van der Waals surface area contributed by atoms with Crippen LogP contribution in [0.2, 0.25) is 0 Å². The van der Waals surface area contributed by atoms with E-state index >= 15 is 0 Å². The molecule has 4 nitrogen and oxygen atoms in total. The molecular weight excluding hydrogens is 406 g/mol. The molecule has 0 aliphatic carbocycles. The van der Waals surface area contributed by atoms with Crippen LogP contribution >= 0.6 is 11.8 Å². The highest BCUT2D eigenvalue weighted by molar-refractivity contribution is 7.99. The number of nitrogens with zero attached hydrogens (tertiary/aromatic N) is 1. The maximum Gasteiger partial charge on any atom is 0.375 e. The number of ether oxygens (including phenoxy) is 1. The van der Waals surface area contributed by atoms with Crippen molar-refractivity contribution in [2.75, 3.05) is 18.8 Å². The van der Waals surface area contributed by atoms with Gasteiger partial charge in [0.2, 0.25) is 5.76 Å². The van der Waals surface area contributed by atoms with Crippen molar-refractivity contribution < 1.29 is 13.9 Å². The van der Waals surface area contributed by atoms with Gasteiger partial charge in [-0.05, 0) is 31.4 Å². The first kappa shape index (κ1) is 28.1. The van der Waals surface area contributed by atoms with E-state index in [0.717, 1.165) is 43.0 Å². The number of thioether (sulfide) groups is 1. The highest BCUT2D eigenvalue weighted by Crippen LogP contribution is 2.24. The van der Waals surface area contributed by atoms with Crippen molar-refractivity contribution in [3.63, 3.8) is 0 Å². The second kappa shape index (κ2) is 18.6. The third-order valence-electron chi connectivity index (χ3n) is 5.56. The maximum absolute atomic E-state index is 12.5. The van der Waals surface area contributed by atoms with Crippen LogP contribution < -0.4 is 0 Å². The summed E-state index contributed by atoms with van der Waals surface area (Å²) in [6.45, 7) is 10.5. The summed E-state index contributed by atoms with van der Waals surface area (Å²) in [7, 11) is 0. The Balaban J connectivity index is 2.24. The number of carbonyl (C=O) groups is 1. The van der Waals surface area contributed by atoms with Crippen LogP contribution in [0.25, 0.3) is 0 Å². The molecule has 0 saturated carbocycles. The van der Waals surface area contributed by atoms with Crippen molar-refractivity contribution in [2.45, 2.75) is 122 Å². The van der Waals surface area contributed by atoms with Crippen LogP contribution in [0.4, 0.5) is 0 Å². The van der Waals surface area contributed by atoms with Gasteiger partial charge in [-0.2, -0.15) is 0 Å². The number of furan rings is 1. The Hall–Kier alpha value is -0.940. The molecule has 0 fully saturated rings. The number of hydrogen-bond donors (Lipinski definition) is 0. The zero-order chi connectivity index (χ0) is 22.7. The standard InChI is InChI=1S/C26H47NO3S/c1-5-9-10-11-12-13-14-15-16-17-20-31-23-21-24(29-22-23)26(28)30-25(8-4)27(18-6-2)19-7-3/h21-22,25H,5-20H2,1-4H3. The predicted octanol–water partition coefficient (Wildman–Crippen LogP) is 8.31. The fourth-order valence-corrected chi connectivity index (χ4v) is 4.74. The Bertz CT molecular complexity index is 555. The summed E-state index contributed by atoms with van der Waals surface area (Å²) < 4.78 is 11.3. The third-order valence-corrected chi connectivity index (χ3v) is 6.60. The highest BCUT2D eigenvalue weighted by Gasteiger charge is 2.22. The first-order valence-corrected chi connectivity index (χ1v) is 13.8. The molecule has 5 heteroatoms. The Morgan fingerprint density at radius 2 is 1.48 bits per heavy atom. The lowest BCUT2D eigenvalue weighted by Gasteiger charge is -2.29. The van der Waals surface area contributed by atoms with Crippen molar-refractivity contribution in [1.29, 1.82) is 0 Å². The molecule has 0 spiro atoms. The van der Waals surface area contributed by atoms with Gasteiger partial charge in [-0.3, -0.25) is 4.90 Å². The molecule has 1 atom stereocenters. The molecule has 0 N–H and O–H groups in total. The lowest BCUT2D eigenvalue weighted by atomic mass is 10.1. The molecule has 0 aliphatic rings. The van der Waals surface area contributed by atoms with Gasteiger partial charge < -0.3 is 9.15 Å². The van der Waals surface area contributed by atoms with Gasteiger partial charge in [-0.15, -0.1) is 11.8 Å². The summed E-state index contributed by atoms with van der Waals surface area (Å²) in [4.78, 5) is 15.8. The zero-order valence-corrected chi connectivity index (χ0v) is 21.4. The van der Waals surface area contributed by atoms with Crippen molar-refractivity contribution in [2.24, 2.45) is 0 Å². The van der Waals surface area contributed by atoms with Gasteiger partial charge in [0.25, 0.3) is 0 Å². The summed E-state index contributed by atoms with van der Waals surface area (Å²) in [6, 6.07) is 1.83. The first-order valence-electron chi connectivity index (χ1n) is 12.8. The topological polar surface area (TPSA) is 42.7 Å². The van der Waals surface area contributed by atoms with Crippen LogP contribution in [0.3, 0.4) is 0 Å². The number of rotatable bonds is 20. The minimum Gasteiger partial charge on any atom is -0.456 e. The summed E-state index contributed by atoms with van der Waals surface area (Å²) in [5.74, 6) is 1.04. The average molecular weight is 454 g/mol. The fourth-order valence-electron chi connectivity index (χ4n) is 3.85. The van der Waals surface area contributed by atoms with E-state index in [-0.39, 0.29) is 12.2 Å². The summed E-state index contributed by atoms with van der Waals surface area (Å²) >= 11 is 1.77. The number of carbonyl (C=O) groups excluding carboxylic acids is 1. The van der Waals surface area contributed by atoms with E-state index in [2.05, 4.69) is 32.6 Å². The average Bonchev–Trinajstić information content (AvgIpc) is 3.24. The fraction of sp³-hybridized carbons (Fsp3) is 0.808. The van der Waals surface area contributed by atoms with Crippen molar-refractivity contribution in [3.8, 4) is 0 Å². The molecule has 1 aromatic heterocycles. The molecule has 180 valence electrons. The number of hydrogen-bond acceptors (Lipinski definition) is 5. The minimum atomic E-state index is -0.352. The number of esters is 1. The molecule has 1 unspecified atom stereocenters. The Labute approximate surface area is 195 Å². The molecule has 0 saturated heterocycles. The second-order valence-corrected chi connectivity index (χ2v) is 9.65. The van der Waals surface area contributed by atoms with Crippen LogP contribution in [-0.2, 0) is 4.74 Å². The van der Waals surface area contributed by atoms with E-state index in [0.29, 0.717) is 5.76 Å². The summed E-state index contributed by atoms with van der Waals surface area (Å²) in [5, 5.41) is 0. The molecule has 1 rings (SSSR count). The van der Waals surface area contributed by atoms with Crippen LogP contribution in [0.1, 0.15) is 122 Å². The van der Waals surface area contributed by atoms with Gasteiger partial charge in [0, 0.05) is 24.1 Å². The molecule has 0 aromatic carbocycles. The third kappa shape index (κ3) is 12.6. The van der Waals surface area contributed by atoms with Crippen LogP contribution in [-0.4, -0.2) is 35.9 Å². The lowest BCUT2D eigenvalue weighted by molar-refractivity contribution is -0.0368. The van der Waals surface area contributed by atoms with Gasteiger partial charge in [0.1, 0.15) is 6.26 Å². The predicted molar refractivity (Wildman–Crippen MR) is 133 cm³/mol. The quantitative estimate of drug-likeness (QED) is 0.0859. The van der Waals surface area contributed by atoms with Crippen LogP contribution in [0, 0.1) is 0 Å². The normalized spacial score (nSPS) is 12.4. The van der Waals surface area contributed by atoms with Crippen molar-refractivity contribution in [1.82, 2.24) is 4.90 Å². The van der Waals surface area contributed by atoms with Gasteiger partial charge in [-0.25, -0.2) is 4.79 Å². The van der Waals surface area contributed by atoms with E-state index < -0.39 is 0 Å². The Morgan fingerprint density at radius 1 is 0.903 bits per heavy atom. The van der Waals surface area contributed by atoms with Gasteiger partial charge in [0.15, 0.2) is 6.23 Å². The molecule has 31 heavy (non-hydrogen) atoms. The van der Waals surface area contributed by atoms with E-state index in [1.807, 2.05) is 6.07 Å². The largest absolute Gasteiger partial charge is 0.456 e. The van der Waals surface area contributed by atoms with Crippen LogP contribution in [0.15, 0.2) is 21.6 Å². The smallest absolute Gasteiger partial charge is 0.375 e. The van der Waals surface area contributed by atoms with E-state index in [1.54, 1.807) is 18.0 Å².